The molecule has 3 heteroatoms. The topological polar surface area (TPSA) is 46.2 Å². The van der Waals surface area contributed by atoms with Crippen LogP contribution in [0.3, 0.4) is 0 Å². The van der Waals surface area contributed by atoms with Gasteiger partial charge in [-0.2, -0.15) is 0 Å². The summed E-state index contributed by atoms with van der Waals surface area (Å²) in [6.45, 7) is 0.283. The lowest BCUT2D eigenvalue weighted by molar-refractivity contribution is 0.287. The van der Waals surface area contributed by atoms with Crippen molar-refractivity contribution in [3.05, 3.63) is 24.3 Å². The standard InChI is InChI=1S/C10H15NOS/c11-9-5-1-2-6-10(9)13-8-4-3-7-12/h1-2,5-6,12H,3-4,7-8,11H2. The molecule has 2 nitrogen and oxygen atoms in total. The van der Waals surface area contributed by atoms with Gasteiger partial charge in [0.25, 0.3) is 0 Å². The summed E-state index contributed by atoms with van der Waals surface area (Å²) in [6.07, 6.45) is 1.91. The molecule has 3 N–H and O–H groups in total. The summed E-state index contributed by atoms with van der Waals surface area (Å²) in [6, 6.07) is 7.87. The highest BCUT2D eigenvalue weighted by Crippen LogP contribution is 2.24. The van der Waals surface area contributed by atoms with E-state index in [-0.39, 0.29) is 6.61 Å². The summed E-state index contributed by atoms with van der Waals surface area (Å²) in [5, 5.41) is 8.58. The summed E-state index contributed by atoms with van der Waals surface area (Å²) >= 11 is 1.75. The zero-order chi connectivity index (χ0) is 9.52. The van der Waals surface area contributed by atoms with Gasteiger partial charge in [-0.05, 0) is 30.7 Å². The molecule has 0 saturated heterocycles. The van der Waals surface area contributed by atoms with Crippen molar-refractivity contribution in [2.75, 3.05) is 18.1 Å². The van der Waals surface area contributed by atoms with Crippen molar-refractivity contribution >= 4 is 17.4 Å². The van der Waals surface area contributed by atoms with Gasteiger partial charge in [-0.3, -0.25) is 0 Å². The molecule has 1 rings (SSSR count). The fourth-order valence-electron chi connectivity index (χ4n) is 1.01. The molecule has 0 radical (unpaired) electrons. The van der Waals surface area contributed by atoms with Crippen LogP contribution in [0.25, 0.3) is 0 Å². The molecule has 0 unspecified atom stereocenters. The van der Waals surface area contributed by atoms with Gasteiger partial charge in [-0.15, -0.1) is 11.8 Å². The average molecular weight is 197 g/mol. The van der Waals surface area contributed by atoms with Gasteiger partial charge in [0, 0.05) is 17.2 Å². The van der Waals surface area contributed by atoms with Gasteiger partial charge in [0.15, 0.2) is 0 Å². The largest absolute Gasteiger partial charge is 0.398 e. The van der Waals surface area contributed by atoms with E-state index < -0.39 is 0 Å². The van der Waals surface area contributed by atoms with Crippen molar-refractivity contribution in [1.29, 1.82) is 0 Å². The zero-order valence-corrected chi connectivity index (χ0v) is 8.39. The monoisotopic (exact) mass is 197 g/mol. The summed E-state index contributed by atoms with van der Waals surface area (Å²) in [5.41, 5.74) is 6.61. The Morgan fingerprint density at radius 3 is 2.69 bits per heavy atom. The number of hydrogen-bond donors (Lipinski definition) is 2. The summed E-state index contributed by atoms with van der Waals surface area (Å²) in [5.74, 6) is 1.02. The molecule has 1 aromatic carbocycles. The first kappa shape index (κ1) is 10.4. The number of aliphatic hydroxyl groups excluding tert-OH is 1. The maximum Gasteiger partial charge on any atom is 0.0452 e. The molecule has 0 bridgehead atoms. The summed E-state index contributed by atoms with van der Waals surface area (Å²) < 4.78 is 0. The number of benzene rings is 1. The quantitative estimate of drug-likeness (QED) is 0.432. The van der Waals surface area contributed by atoms with E-state index >= 15 is 0 Å². The van der Waals surface area contributed by atoms with Gasteiger partial charge >= 0.3 is 0 Å². The maximum atomic E-state index is 8.58. The Hall–Kier alpha value is -0.670. The minimum absolute atomic E-state index is 0.283. The van der Waals surface area contributed by atoms with Gasteiger partial charge in [0.1, 0.15) is 0 Å². The number of nitrogen functional groups attached to an aromatic ring is 1. The second kappa shape index (κ2) is 5.89. The van der Waals surface area contributed by atoms with Crippen LogP contribution in [0.5, 0.6) is 0 Å². The molecular weight excluding hydrogens is 182 g/mol. The van der Waals surface area contributed by atoms with Crippen LogP contribution in [0.4, 0.5) is 5.69 Å². The van der Waals surface area contributed by atoms with E-state index in [1.165, 1.54) is 0 Å². The fraction of sp³-hybridized carbons (Fsp3) is 0.400. The highest BCUT2D eigenvalue weighted by molar-refractivity contribution is 7.99. The van der Waals surface area contributed by atoms with E-state index in [0.29, 0.717) is 0 Å². The van der Waals surface area contributed by atoms with E-state index in [2.05, 4.69) is 0 Å². The number of rotatable bonds is 5. The van der Waals surface area contributed by atoms with Crippen molar-refractivity contribution in [3.8, 4) is 0 Å². The Morgan fingerprint density at radius 2 is 2.00 bits per heavy atom. The van der Waals surface area contributed by atoms with Crippen LogP contribution in [-0.2, 0) is 0 Å². The number of thioether (sulfide) groups is 1. The first-order valence-corrected chi connectivity index (χ1v) is 5.41. The lowest BCUT2D eigenvalue weighted by Gasteiger charge is -2.03. The molecule has 0 heterocycles. The van der Waals surface area contributed by atoms with Crippen LogP contribution in [-0.4, -0.2) is 17.5 Å². The van der Waals surface area contributed by atoms with Crippen molar-refractivity contribution in [1.82, 2.24) is 0 Å². The number of para-hydroxylation sites is 1. The van der Waals surface area contributed by atoms with Crippen molar-refractivity contribution in [2.45, 2.75) is 17.7 Å². The molecule has 0 atom stereocenters. The molecule has 1 aromatic rings. The van der Waals surface area contributed by atoms with E-state index in [0.717, 1.165) is 29.2 Å². The minimum Gasteiger partial charge on any atom is -0.398 e. The molecule has 0 aliphatic carbocycles. The Bertz CT molecular complexity index is 252. The predicted octanol–water partition coefficient (Wildman–Crippen LogP) is 2.13. The third-order valence-electron chi connectivity index (χ3n) is 1.73. The fourth-order valence-corrected chi connectivity index (χ4v) is 1.99. The van der Waals surface area contributed by atoms with Crippen LogP contribution in [0.15, 0.2) is 29.2 Å². The Morgan fingerprint density at radius 1 is 1.23 bits per heavy atom. The molecule has 0 spiro atoms. The summed E-state index contributed by atoms with van der Waals surface area (Å²) in [4.78, 5) is 1.14. The van der Waals surface area contributed by atoms with E-state index in [4.69, 9.17) is 10.8 Å². The molecule has 0 saturated carbocycles. The van der Waals surface area contributed by atoms with Crippen LogP contribution in [0, 0.1) is 0 Å². The molecule has 0 amide bonds. The molecule has 0 aliphatic heterocycles. The molecular formula is C10H15NOS. The average Bonchev–Trinajstić information content (AvgIpc) is 2.15. The number of aliphatic hydroxyl groups is 1. The third kappa shape index (κ3) is 3.70. The molecule has 13 heavy (non-hydrogen) atoms. The highest BCUT2D eigenvalue weighted by atomic mass is 32.2. The van der Waals surface area contributed by atoms with Crippen LogP contribution < -0.4 is 5.73 Å². The zero-order valence-electron chi connectivity index (χ0n) is 7.57. The van der Waals surface area contributed by atoms with Crippen LogP contribution >= 0.6 is 11.8 Å². The van der Waals surface area contributed by atoms with Crippen LogP contribution in [0.2, 0.25) is 0 Å². The number of hydrogen-bond acceptors (Lipinski definition) is 3. The first-order chi connectivity index (χ1) is 6.34. The Balaban J connectivity index is 2.32. The van der Waals surface area contributed by atoms with E-state index in [1.54, 1.807) is 11.8 Å². The molecule has 72 valence electrons. The Labute approximate surface area is 83.1 Å². The molecule has 0 fully saturated rings. The number of unbranched alkanes of at least 4 members (excludes halogenated alkanes) is 1. The maximum absolute atomic E-state index is 8.58. The van der Waals surface area contributed by atoms with Crippen molar-refractivity contribution < 1.29 is 5.11 Å². The molecule has 0 aliphatic rings. The van der Waals surface area contributed by atoms with E-state index in [1.807, 2.05) is 24.3 Å². The van der Waals surface area contributed by atoms with Gasteiger partial charge in [-0.25, -0.2) is 0 Å². The number of anilines is 1. The minimum atomic E-state index is 0.283. The van der Waals surface area contributed by atoms with Gasteiger partial charge in [-0.1, -0.05) is 12.1 Å². The Kier molecular flexibility index (Phi) is 4.72. The second-order valence-electron chi connectivity index (χ2n) is 2.82. The summed E-state index contributed by atoms with van der Waals surface area (Å²) in [7, 11) is 0. The second-order valence-corrected chi connectivity index (χ2v) is 3.95. The van der Waals surface area contributed by atoms with Gasteiger partial charge in [0.2, 0.25) is 0 Å². The SMILES string of the molecule is Nc1ccccc1SCCCCO. The lowest BCUT2D eigenvalue weighted by Crippen LogP contribution is -1.89. The van der Waals surface area contributed by atoms with Crippen molar-refractivity contribution in [2.24, 2.45) is 0 Å². The first-order valence-electron chi connectivity index (χ1n) is 4.43. The van der Waals surface area contributed by atoms with Crippen molar-refractivity contribution in [3.63, 3.8) is 0 Å². The third-order valence-corrected chi connectivity index (χ3v) is 2.90. The lowest BCUT2D eigenvalue weighted by atomic mass is 10.3. The normalized spacial score (nSPS) is 10.2. The van der Waals surface area contributed by atoms with Gasteiger partial charge in [0.05, 0.1) is 0 Å². The number of nitrogens with two attached hydrogens (primary N) is 1. The highest BCUT2D eigenvalue weighted by Gasteiger charge is 1.97. The smallest absolute Gasteiger partial charge is 0.0452 e. The van der Waals surface area contributed by atoms with E-state index in [9.17, 15) is 0 Å². The predicted molar refractivity (Wildman–Crippen MR) is 57.9 cm³/mol. The van der Waals surface area contributed by atoms with Crippen LogP contribution in [0.1, 0.15) is 12.8 Å². The molecule has 0 aromatic heterocycles. The van der Waals surface area contributed by atoms with Gasteiger partial charge < -0.3 is 10.8 Å².